The summed E-state index contributed by atoms with van der Waals surface area (Å²) in [5, 5.41) is 1.01. The molecule has 0 aliphatic heterocycles. The Balaban J connectivity index is 0.0000102. The second-order valence-corrected chi connectivity index (χ2v) is 10.6. The lowest BCUT2D eigenvalue weighted by atomic mass is 9.87. The molecule has 1 rings (SSSR count). The van der Waals surface area contributed by atoms with Gasteiger partial charge in [-0.2, -0.15) is 0 Å². The van der Waals surface area contributed by atoms with Crippen molar-refractivity contribution in [2.45, 2.75) is 161 Å². The molecule has 0 bridgehead atoms. The van der Waals surface area contributed by atoms with Crippen molar-refractivity contribution in [3.63, 3.8) is 0 Å². The fourth-order valence-corrected chi connectivity index (χ4v) is 5.56. The van der Waals surface area contributed by atoms with Crippen LogP contribution in [-0.4, -0.2) is 0 Å². The normalized spacial score (nSPS) is 11.0. The SMILES string of the molecule is CCCCCCCCc1ccc(CBr)c(CCCCCCCC)c1CCCCCCCC.N. The molecule has 0 saturated heterocycles. The minimum Gasteiger partial charge on any atom is -0.344 e. The lowest BCUT2D eigenvalue weighted by molar-refractivity contribution is 0.592. The summed E-state index contributed by atoms with van der Waals surface area (Å²) in [4.78, 5) is 0. The fraction of sp³-hybridized carbons (Fsp3) is 0.806. The van der Waals surface area contributed by atoms with Gasteiger partial charge in [-0.1, -0.05) is 145 Å². The van der Waals surface area contributed by atoms with Gasteiger partial charge in [-0.05, 0) is 60.8 Å². The van der Waals surface area contributed by atoms with Gasteiger partial charge in [0.15, 0.2) is 0 Å². The first-order valence-electron chi connectivity index (χ1n) is 14.5. The Kier molecular flexibility index (Phi) is 23.2. The number of halogens is 1. The first-order chi connectivity index (χ1) is 15.8. The van der Waals surface area contributed by atoms with Crippen LogP contribution < -0.4 is 6.15 Å². The molecular weight excluding hydrogens is 466 g/mol. The fourth-order valence-electron chi connectivity index (χ4n) is 5.03. The third-order valence-electron chi connectivity index (χ3n) is 7.13. The lowest BCUT2D eigenvalue weighted by Crippen LogP contribution is -2.05. The monoisotopic (exact) mass is 523 g/mol. The summed E-state index contributed by atoms with van der Waals surface area (Å²) in [5.74, 6) is 0. The van der Waals surface area contributed by atoms with Crippen molar-refractivity contribution in [1.82, 2.24) is 6.15 Å². The summed E-state index contributed by atoms with van der Waals surface area (Å²) in [5.41, 5.74) is 6.71. The Labute approximate surface area is 217 Å². The van der Waals surface area contributed by atoms with E-state index in [9.17, 15) is 0 Å². The highest BCUT2D eigenvalue weighted by molar-refractivity contribution is 9.08. The van der Waals surface area contributed by atoms with E-state index in [0.29, 0.717) is 0 Å². The summed E-state index contributed by atoms with van der Waals surface area (Å²) in [6.45, 7) is 6.94. The van der Waals surface area contributed by atoms with E-state index >= 15 is 0 Å². The van der Waals surface area contributed by atoms with Gasteiger partial charge in [0.1, 0.15) is 0 Å². The summed E-state index contributed by atoms with van der Waals surface area (Å²) in [6, 6.07) is 4.93. The maximum atomic E-state index is 3.81. The average Bonchev–Trinajstić information content (AvgIpc) is 2.81. The van der Waals surface area contributed by atoms with Crippen LogP contribution in [0.4, 0.5) is 0 Å². The van der Waals surface area contributed by atoms with Gasteiger partial charge >= 0.3 is 0 Å². The van der Waals surface area contributed by atoms with Gasteiger partial charge in [-0.25, -0.2) is 0 Å². The van der Waals surface area contributed by atoms with Crippen molar-refractivity contribution in [3.05, 3.63) is 34.4 Å². The maximum absolute atomic E-state index is 3.81. The molecule has 1 nitrogen and oxygen atoms in total. The summed E-state index contributed by atoms with van der Waals surface area (Å²) < 4.78 is 0. The highest BCUT2D eigenvalue weighted by Gasteiger charge is 2.13. The molecule has 0 aliphatic carbocycles. The Morgan fingerprint density at radius 3 is 1.21 bits per heavy atom. The summed E-state index contributed by atoms with van der Waals surface area (Å²) >= 11 is 3.81. The molecule has 0 radical (unpaired) electrons. The van der Waals surface area contributed by atoms with Crippen LogP contribution in [0.5, 0.6) is 0 Å². The minimum atomic E-state index is 0. The molecule has 3 N–H and O–H groups in total. The molecule has 0 spiro atoms. The molecule has 1 aromatic rings. The van der Waals surface area contributed by atoms with E-state index in [0.717, 1.165) is 5.33 Å². The molecular formula is C31H58BrN. The molecule has 0 fully saturated rings. The molecule has 0 saturated carbocycles. The van der Waals surface area contributed by atoms with Crippen LogP contribution in [0.25, 0.3) is 0 Å². The number of aryl methyl sites for hydroxylation is 1. The Morgan fingerprint density at radius 1 is 0.455 bits per heavy atom. The minimum absolute atomic E-state index is 0. The molecule has 2 heteroatoms. The number of alkyl halides is 1. The van der Waals surface area contributed by atoms with Gasteiger partial charge in [0.2, 0.25) is 0 Å². The van der Waals surface area contributed by atoms with Gasteiger partial charge in [-0.15, -0.1) is 0 Å². The summed E-state index contributed by atoms with van der Waals surface area (Å²) in [7, 11) is 0. The van der Waals surface area contributed by atoms with E-state index in [1.807, 2.05) is 0 Å². The molecule has 0 aromatic heterocycles. The Morgan fingerprint density at radius 2 is 0.788 bits per heavy atom. The average molecular weight is 525 g/mol. The van der Waals surface area contributed by atoms with Crippen LogP contribution in [0, 0.1) is 0 Å². The maximum Gasteiger partial charge on any atom is 0.0285 e. The zero-order valence-corrected chi connectivity index (χ0v) is 24.4. The highest BCUT2D eigenvalue weighted by atomic mass is 79.9. The van der Waals surface area contributed by atoms with Gasteiger partial charge < -0.3 is 6.15 Å². The van der Waals surface area contributed by atoms with Crippen molar-refractivity contribution >= 4 is 15.9 Å². The molecule has 0 heterocycles. The van der Waals surface area contributed by atoms with Gasteiger partial charge in [-0.3, -0.25) is 0 Å². The van der Waals surface area contributed by atoms with Crippen LogP contribution in [0.3, 0.4) is 0 Å². The van der Waals surface area contributed by atoms with Crippen LogP contribution in [0.15, 0.2) is 12.1 Å². The molecule has 0 aliphatic rings. The van der Waals surface area contributed by atoms with Crippen molar-refractivity contribution in [1.29, 1.82) is 0 Å². The van der Waals surface area contributed by atoms with E-state index in [-0.39, 0.29) is 6.15 Å². The van der Waals surface area contributed by atoms with Crippen LogP contribution >= 0.6 is 15.9 Å². The number of hydrogen-bond donors (Lipinski definition) is 1. The Bertz CT molecular complexity index is 554. The molecule has 0 atom stereocenters. The first-order valence-corrected chi connectivity index (χ1v) is 15.6. The zero-order chi connectivity index (χ0) is 23.3. The number of benzene rings is 1. The van der Waals surface area contributed by atoms with Gasteiger partial charge in [0.05, 0.1) is 0 Å². The van der Waals surface area contributed by atoms with E-state index in [4.69, 9.17) is 0 Å². The first kappa shape index (κ1) is 32.7. The smallest absolute Gasteiger partial charge is 0.0285 e. The number of unbranched alkanes of at least 4 members (excludes halogenated alkanes) is 15. The van der Waals surface area contributed by atoms with E-state index in [1.165, 1.54) is 135 Å². The molecule has 0 amide bonds. The van der Waals surface area contributed by atoms with Crippen LogP contribution in [0.1, 0.15) is 159 Å². The van der Waals surface area contributed by atoms with Crippen molar-refractivity contribution in [2.24, 2.45) is 0 Å². The van der Waals surface area contributed by atoms with Crippen molar-refractivity contribution in [2.75, 3.05) is 0 Å². The third kappa shape index (κ3) is 15.3. The highest BCUT2D eigenvalue weighted by Crippen LogP contribution is 2.28. The van der Waals surface area contributed by atoms with Crippen molar-refractivity contribution < 1.29 is 0 Å². The van der Waals surface area contributed by atoms with Crippen LogP contribution in [-0.2, 0) is 24.6 Å². The largest absolute Gasteiger partial charge is 0.344 e. The molecule has 33 heavy (non-hydrogen) atoms. The second kappa shape index (κ2) is 23.4. The van der Waals surface area contributed by atoms with Gasteiger partial charge in [0.25, 0.3) is 0 Å². The second-order valence-electron chi connectivity index (χ2n) is 10.0. The Hall–Kier alpha value is -0.340. The van der Waals surface area contributed by atoms with E-state index in [1.54, 1.807) is 22.3 Å². The topological polar surface area (TPSA) is 35.0 Å². The number of hydrogen-bond acceptors (Lipinski definition) is 1. The predicted octanol–water partition coefficient (Wildman–Crippen LogP) is 11.5. The number of rotatable bonds is 22. The third-order valence-corrected chi connectivity index (χ3v) is 7.73. The summed E-state index contributed by atoms with van der Waals surface area (Å²) in [6.07, 6.45) is 29.0. The quantitative estimate of drug-likeness (QED) is 0.119. The lowest BCUT2D eigenvalue weighted by Gasteiger charge is -2.19. The van der Waals surface area contributed by atoms with E-state index < -0.39 is 0 Å². The molecule has 194 valence electrons. The van der Waals surface area contributed by atoms with Gasteiger partial charge in [0, 0.05) is 5.33 Å². The predicted molar refractivity (Wildman–Crippen MR) is 155 cm³/mol. The van der Waals surface area contributed by atoms with Crippen LogP contribution in [0.2, 0.25) is 0 Å². The van der Waals surface area contributed by atoms with E-state index in [2.05, 4.69) is 48.8 Å². The van der Waals surface area contributed by atoms with Crippen molar-refractivity contribution in [3.8, 4) is 0 Å². The molecule has 0 unspecified atom stereocenters. The zero-order valence-electron chi connectivity index (χ0n) is 22.8. The standard InChI is InChI=1S/C31H55Br.H3N/c1-4-7-10-13-16-19-22-28-25-26-29(27-32)31(24-21-18-15-12-9-6-3)30(28)23-20-17-14-11-8-5-2;/h25-26H,4-24,27H2,1-3H3;1H3. The molecule has 1 aromatic carbocycles.